The minimum absolute atomic E-state index is 0.578. The number of nitrogens with one attached hydrogen (secondary N) is 1. The highest BCUT2D eigenvalue weighted by Crippen LogP contribution is 2.20. The predicted octanol–water partition coefficient (Wildman–Crippen LogP) is 2.71. The molecule has 0 bridgehead atoms. The van der Waals surface area contributed by atoms with Crippen LogP contribution >= 0.6 is 0 Å². The van der Waals surface area contributed by atoms with Gasteiger partial charge < -0.3 is 10.2 Å². The zero-order valence-electron chi connectivity index (χ0n) is 14.1. The Bertz CT molecular complexity index is 426. The van der Waals surface area contributed by atoms with Crippen molar-refractivity contribution in [2.75, 3.05) is 27.2 Å². The summed E-state index contributed by atoms with van der Waals surface area (Å²) in [4.78, 5) is 4.84. The zero-order valence-corrected chi connectivity index (χ0v) is 14.1. The largest absolute Gasteiger partial charge is 0.310 e. The molecule has 21 heavy (non-hydrogen) atoms. The van der Waals surface area contributed by atoms with Crippen LogP contribution in [-0.4, -0.2) is 49.1 Å². The van der Waals surface area contributed by atoms with Gasteiger partial charge in [0, 0.05) is 31.7 Å². The van der Waals surface area contributed by atoms with Gasteiger partial charge >= 0.3 is 0 Å². The molecule has 1 aromatic rings. The van der Waals surface area contributed by atoms with E-state index in [2.05, 4.69) is 67.3 Å². The van der Waals surface area contributed by atoms with Crippen molar-refractivity contribution < 1.29 is 0 Å². The van der Waals surface area contributed by atoms with E-state index in [0.717, 1.165) is 32.2 Å². The van der Waals surface area contributed by atoms with E-state index in [4.69, 9.17) is 0 Å². The van der Waals surface area contributed by atoms with E-state index >= 15 is 0 Å². The van der Waals surface area contributed by atoms with Gasteiger partial charge in [-0.2, -0.15) is 0 Å². The van der Waals surface area contributed by atoms with Crippen molar-refractivity contribution in [3.8, 4) is 0 Å². The first kappa shape index (κ1) is 16.5. The first-order chi connectivity index (χ1) is 10.1. The number of benzene rings is 1. The Morgan fingerprint density at radius 2 is 1.86 bits per heavy atom. The van der Waals surface area contributed by atoms with Gasteiger partial charge in [-0.1, -0.05) is 31.2 Å². The fourth-order valence-corrected chi connectivity index (χ4v) is 2.87. The highest BCUT2D eigenvalue weighted by atomic mass is 15.2. The van der Waals surface area contributed by atoms with Crippen molar-refractivity contribution in [2.45, 2.75) is 51.9 Å². The average molecular weight is 289 g/mol. The van der Waals surface area contributed by atoms with Crippen LogP contribution in [0.3, 0.4) is 0 Å². The van der Waals surface area contributed by atoms with Crippen LogP contribution in [0.5, 0.6) is 0 Å². The Morgan fingerprint density at radius 3 is 2.43 bits per heavy atom. The zero-order chi connectivity index (χ0) is 15.2. The fraction of sp³-hybridized carbons (Fsp3) is 0.667. The molecular weight excluding hydrogens is 258 g/mol. The Balaban J connectivity index is 1.98. The lowest BCUT2D eigenvalue weighted by molar-refractivity contribution is 0.174. The molecule has 118 valence electrons. The number of likely N-dealkylation sites (N-methyl/N-ethyl adjacent to an activating group) is 2. The molecule has 0 radical (unpaired) electrons. The van der Waals surface area contributed by atoms with Crippen molar-refractivity contribution in [1.29, 1.82) is 0 Å². The second-order valence-electron chi connectivity index (χ2n) is 6.60. The normalized spacial score (nSPS) is 16.7. The number of nitrogens with zero attached hydrogens (tertiary/aromatic N) is 2. The van der Waals surface area contributed by atoms with Gasteiger partial charge in [-0.05, 0) is 51.5 Å². The third-order valence-corrected chi connectivity index (χ3v) is 4.31. The molecule has 0 heterocycles. The molecule has 1 aromatic carbocycles. The van der Waals surface area contributed by atoms with E-state index in [9.17, 15) is 0 Å². The first-order valence-corrected chi connectivity index (χ1v) is 8.29. The SMILES string of the molecule is CCN(Cc1ccccc1CNC1CC1)C(C)CN(C)C. The summed E-state index contributed by atoms with van der Waals surface area (Å²) < 4.78 is 0. The van der Waals surface area contributed by atoms with Gasteiger partial charge in [0.05, 0.1) is 0 Å². The molecule has 1 aliphatic carbocycles. The number of hydrogen-bond donors (Lipinski definition) is 1. The maximum Gasteiger partial charge on any atom is 0.0240 e. The average Bonchev–Trinajstić information content (AvgIpc) is 3.26. The molecule has 1 aliphatic rings. The van der Waals surface area contributed by atoms with Gasteiger partial charge in [0.25, 0.3) is 0 Å². The standard InChI is InChI=1S/C18H31N3/c1-5-21(15(2)13-20(3)4)14-17-9-7-6-8-16(17)12-19-18-10-11-18/h6-9,15,18-19H,5,10-14H2,1-4H3. The van der Waals surface area contributed by atoms with E-state index in [-0.39, 0.29) is 0 Å². The van der Waals surface area contributed by atoms with Crippen LogP contribution in [0, 0.1) is 0 Å². The molecule has 0 spiro atoms. The molecule has 0 amide bonds. The topological polar surface area (TPSA) is 18.5 Å². The molecule has 1 atom stereocenters. The third-order valence-electron chi connectivity index (χ3n) is 4.31. The molecule has 0 aromatic heterocycles. The Morgan fingerprint density at radius 1 is 1.19 bits per heavy atom. The van der Waals surface area contributed by atoms with Crippen LogP contribution in [0.25, 0.3) is 0 Å². The van der Waals surface area contributed by atoms with Gasteiger partial charge in [0.15, 0.2) is 0 Å². The second kappa shape index (κ2) is 7.92. The first-order valence-electron chi connectivity index (χ1n) is 8.29. The Kier molecular flexibility index (Phi) is 6.22. The molecule has 0 aliphatic heterocycles. The summed E-state index contributed by atoms with van der Waals surface area (Å²) in [5.41, 5.74) is 2.93. The molecule has 1 saturated carbocycles. The maximum atomic E-state index is 3.64. The van der Waals surface area contributed by atoms with Crippen LogP contribution < -0.4 is 5.32 Å². The van der Waals surface area contributed by atoms with Crippen molar-refractivity contribution in [3.05, 3.63) is 35.4 Å². The number of hydrogen-bond acceptors (Lipinski definition) is 3. The van der Waals surface area contributed by atoms with Crippen molar-refractivity contribution >= 4 is 0 Å². The van der Waals surface area contributed by atoms with Crippen LogP contribution in [0.4, 0.5) is 0 Å². The van der Waals surface area contributed by atoms with Gasteiger partial charge in [-0.15, -0.1) is 0 Å². The predicted molar refractivity (Wildman–Crippen MR) is 90.4 cm³/mol. The van der Waals surface area contributed by atoms with Crippen molar-refractivity contribution in [1.82, 2.24) is 15.1 Å². The summed E-state index contributed by atoms with van der Waals surface area (Å²) in [6.45, 7) is 8.86. The lowest BCUT2D eigenvalue weighted by Gasteiger charge is -2.30. The van der Waals surface area contributed by atoms with Crippen molar-refractivity contribution in [2.24, 2.45) is 0 Å². The maximum absolute atomic E-state index is 3.64. The molecule has 0 saturated heterocycles. The summed E-state index contributed by atoms with van der Waals surface area (Å²) in [7, 11) is 4.30. The highest BCUT2D eigenvalue weighted by Gasteiger charge is 2.21. The smallest absolute Gasteiger partial charge is 0.0240 e. The lowest BCUT2D eigenvalue weighted by atomic mass is 10.1. The summed E-state index contributed by atoms with van der Waals surface area (Å²) in [5.74, 6) is 0. The van der Waals surface area contributed by atoms with E-state index in [1.165, 1.54) is 24.0 Å². The van der Waals surface area contributed by atoms with E-state index in [1.54, 1.807) is 0 Å². The monoisotopic (exact) mass is 289 g/mol. The Labute approximate surface area is 130 Å². The van der Waals surface area contributed by atoms with Gasteiger partial charge in [0.1, 0.15) is 0 Å². The van der Waals surface area contributed by atoms with Crippen LogP contribution in [0.2, 0.25) is 0 Å². The van der Waals surface area contributed by atoms with Gasteiger partial charge in [0.2, 0.25) is 0 Å². The van der Waals surface area contributed by atoms with Crippen molar-refractivity contribution in [3.63, 3.8) is 0 Å². The third kappa shape index (κ3) is 5.42. The summed E-state index contributed by atoms with van der Waals surface area (Å²) in [6, 6.07) is 10.2. The molecule has 3 heteroatoms. The molecule has 3 nitrogen and oxygen atoms in total. The van der Waals surface area contributed by atoms with E-state index in [1.807, 2.05) is 0 Å². The molecular formula is C18H31N3. The minimum Gasteiger partial charge on any atom is -0.310 e. The highest BCUT2D eigenvalue weighted by molar-refractivity contribution is 5.27. The second-order valence-corrected chi connectivity index (χ2v) is 6.60. The minimum atomic E-state index is 0.578. The molecule has 2 rings (SSSR count). The molecule has 1 unspecified atom stereocenters. The number of rotatable bonds is 9. The van der Waals surface area contributed by atoms with Gasteiger partial charge in [-0.25, -0.2) is 0 Å². The van der Waals surface area contributed by atoms with Crippen LogP contribution in [-0.2, 0) is 13.1 Å². The summed E-state index contributed by atoms with van der Waals surface area (Å²) in [5, 5.41) is 3.64. The van der Waals surface area contributed by atoms with E-state index in [0.29, 0.717) is 6.04 Å². The molecule has 1 N–H and O–H groups in total. The quantitative estimate of drug-likeness (QED) is 0.754. The van der Waals surface area contributed by atoms with Crippen LogP contribution in [0.1, 0.15) is 37.8 Å². The summed E-state index contributed by atoms with van der Waals surface area (Å²) in [6.07, 6.45) is 2.70. The Hall–Kier alpha value is -0.900. The molecule has 1 fully saturated rings. The lowest BCUT2D eigenvalue weighted by Crippen LogP contribution is -2.39. The van der Waals surface area contributed by atoms with Crippen LogP contribution in [0.15, 0.2) is 24.3 Å². The van der Waals surface area contributed by atoms with E-state index < -0.39 is 0 Å². The van der Waals surface area contributed by atoms with Gasteiger partial charge in [-0.3, -0.25) is 4.90 Å². The fourth-order valence-electron chi connectivity index (χ4n) is 2.87. The summed E-state index contributed by atoms with van der Waals surface area (Å²) >= 11 is 0.